The SMILES string of the molecule is Cc1ccc(Cl)c(OCC(=O)Nc2cccc(Cl)c2)c1. The third kappa shape index (κ3) is 4.15. The van der Waals surface area contributed by atoms with E-state index in [2.05, 4.69) is 5.32 Å². The van der Waals surface area contributed by atoms with Gasteiger partial charge in [-0.25, -0.2) is 0 Å². The van der Waals surface area contributed by atoms with Crippen LogP contribution in [0.15, 0.2) is 42.5 Å². The Morgan fingerprint density at radius 1 is 1.20 bits per heavy atom. The Bertz CT molecular complexity index is 629. The highest BCUT2D eigenvalue weighted by Crippen LogP contribution is 2.25. The highest BCUT2D eigenvalue weighted by molar-refractivity contribution is 6.32. The monoisotopic (exact) mass is 309 g/mol. The zero-order valence-corrected chi connectivity index (χ0v) is 12.3. The Morgan fingerprint density at radius 3 is 2.75 bits per heavy atom. The van der Waals surface area contributed by atoms with Gasteiger partial charge in [-0.1, -0.05) is 35.3 Å². The van der Waals surface area contributed by atoms with E-state index in [0.717, 1.165) is 5.56 Å². The number of amides is 1. The average Bonchev–Trinajstić information content (AvgIpc) is 2.40. The van der Waals surface area contributed by atoms with Crippen LogP contribution in [0.5, 0.6) is 5.75 Å². The van der Waals surface area contributed by atoms with Crippen molar-refractivity contribution in [1.29, 1.82) is 0 Å². The summed E-state index contributed by atoms with van der Waals surface area (Å²) in [5.74, 6) is 0.220. The highest BCUT2D eigenvalue weighted by Gasteiger charge is 2.07. The molecule has 0 atom stereocenters. The Labute approximate surface area is 127 Å². The van der Waals surface area contributed by atoms with Gasteiger partial charge in [0.15, 0.2) is 6.61 Å². The standard InChI is InChI=1S/C15H13Cl2NO2/c1-10-5-6-13(17)14(7-10)20-9-15(19)18-12-4-2-3-11(16)8-12/h2-8H,9H2,1H3,(H,18,19). The number of nitrogens with one attached hydrogen (secondary N) is 1. The van der Waals surface area contributed by atoms with E-state index >= 15 is 0 Å². The maximum atomic E-state index is 11.8. The average molecular weight is 310 g/mol. The number of hydrogen-bond donors (Lipinski definition) is 1. The summed E-state index contributed by atoms with van der Waals surface area (Å²) in [6.07, 6.45) is 0. The van der Waals surface area contributed by atoms with Gasteiger partial charge >= 0.3 is 0 Å². The predicted molar refractivity (Wildman–Crippen MR) is 81.8 cm³/mol. The van der Waals surface area contributed by atoms with Crippen molar-refractivity contribution in [3.8, 4) is 5.75 Å². The van der Waals surface area contributed by atoms with Crippen molar-refractivity contribution >= 4 is 34.8 Å². The fourth-order valence-electron chi connectivity index (χ4n) is 1.63. The lowest BCUT2D eigenvalue weighted by Crippen LogP contribution is -2.20. The Hall–Kier alpha value is -1.71. The van der Waals surface area contributed by atoms with E-state index in [4.69, 9.17) is 27.9 Å². The van der Waals surface area contributed by atoms with Gasteiger partial charge in [-0.05, 0) is 42.8 Å². The number of carbonyl (C=O) groups excluding carboxylic acids is 1. The lowest BCUT2D eigenvalue weighted by atomic mass is 10.2. The number of halogens is 2. The van der Waals surface area contributed by atoms with Crippen LogP contribution in [0.1, 0.15) is 5.56 Å². The first-order valence-electron chi connectivity index (χ1n) is 5.99. The molecule has 0 aliphatic rings. The molecule has 104 valence electrons. The van der Waals surface area contributed by atoms with Crippen molar-refractivity contribution in [1.82, 2.24) is 0 Å². The van der Waals surface area contributed by atoms with Crippen LogP contribution < -0.4 is 10.1 Å². The summed E-state index contributed by atoms with van der Waals surface area (Å²) in [4.78, 5) is 11.8. The molecule has 0 heterocycles. The summed E-state index contributed by atoms with van der Waals surface area (Å²) in [7, 11) is 0. The predicted octanol–water partition coefficient (Wildman–Crippen LogP) is 4.32. The fourth-order valence-corrected chi connectivity index (χ4v) is 1.99. The molecule has 0 unspecified atom stereocenters. The molecule has 2 aromatic rings. The molecule has 0 aromatic heterocycles. The molecule has 0 aliphatic heterocycles. The molecule has 0 bridgehead atoms. The number of rotatable bonds is 4. The molecule has 0 saturated carbocycles. The van der Waals surface area contributed by atoms with E-state index in [1.165, 1.54) is 0 Å². The number of aryl methyl sites for hydroxylation is 1. The zero-order valence-electron chi connectivity index (χ0n) is 10.8. The molecular formula is C15H13Cl2NO2. The van der Waals surface area contributed by atoms with Crippen molar-refractivity contribution in [2.75, 3.05) is 11.9 Å². The van der Waals surface area contributed by atoms with Crippen LogP contribution in [-0.2, 0) is 4.79 Å². The van der Waals surface area contributed by atoms with E-state index in [9.17, 15) is 4.79 Å². The zero-order chi connectivity index (χ0) is 14.5. The van der Waals surface area contributed by atoms with Gasteiger partial charge in [0.25, 0.3) is 5.91 Å². The molecule has 5 heteroatoms. The second-order valence-electron chi connectivity index (χ2n) is 4.28. The van der Waals surface area contributed by atoms with Crippen molar-refractivity contribution in [2.45, 2.75) is 6.92 Å². The number of hydrogen-bond acceptors (Lipinski definition) is 2. The third-order valence-electron chi connectivity index (χ3n) is 2.55. The van der Waals surface area contributed by atoms with E-state index in [0.29, 0.717) is 21.5 Å². The van der Waals surface area contributed by atoms with Crippen LogP contribution in [0.3, 0.4) is 0 Å². The molecule has 2 rings (SSSR count). The van der Waals surface area contributed by atoms with Gasteiger partial charge in [0.05, 0.1) is 5.02 Å². The number of carbonyl (C=O) groups is 1. The minimum Gasteiger partial charge on any atom is -0.482 e. The van der Waals surface area contributed by atoms with Gasteiger partial charge in [-0.2, -0.15) is 0 Å². The van der Waals surface area contributed by atoms with Gasteiger partial charge in [-0.15, -0.1) is 0 Å². The van der Waals surface area contributed by atoms with Gasteiger partial charge in [0.2, 0.25) is 0 Å². The highest BCUT2D eigenvalue weighted by atomic mass is 35.5. The summed E-state index contributed by atoms with van der Waals surface area (Å²) in [6, 6.07) is 12.3. The first kappa shape index (κ1) is 14.7. The number of ether oxygens (including phenoxy) is 1. The first-order valence-corrected chi connectivity index (χ1v) is 6.74. The van der Waals surface area contributed by atoms with Crippen LogP contribution >= 0.6 is 23.2 Å². The number of anilines is 1. The van der Waals surface area contributed by atoms with Crippen molar-refractivity contribution < 1.29 is 9.53 Å². The molecule has 3 nitrogen and oxygen atoms in total. The van der Waals surface area contributed by atoms with Crippen molar-refractivity contribution in [3.63, 3.8) is 0 Å². The van der Waals surface area contributed by atoms with Crippen LogP contribution in [0.2, 0.25) is 10.0 Å². The number of benzene rings is 2. The molecule has 1 N–H and O–H groups in total. The molecule has 0 aliphatic carbocycles. The lowest BCUT2D eigenvalue weighted by Gasteiger charge is -2.09. The van der Waals surface area contributed by atoms with Crippen LogP contribution in [-0.4, -0.2) is 12.5 Å². The Morgan fingerprint density at radius 2 is 2.00 bits per heavy atom. The van der Waals surface area contributed by atoms with Gasteiger partial charge in [-0.3, -0.25) is 4.79 Å². The summed E-state index contributed by atoms with van der Waals surface area (Å²) in [5.41, 5.74) is 1.64. The van der Waals surface area contributed by atoms with Gasteiger partial charge < -0.3 is 10.1 Å². The Balaban J connectivity index is 1.94. The van der Waals surface area contributed by atoms with E-state index < -0.39 is 0 Å². The lowest BCUT2D eigenvalue weighted by molar-refractivity contribution is -0.118. The molecule has 20 heavy (non-hydrogen) atoms. The second kappa shape index (κ2) is 6.64. The molecule has 0 fully saturated rings. The quantitative estimate of drug-likeness (QED) is 0.913. The fraction of sp³-hybridized carbons (Fsp3) is 0.133. The summed E-state index contributed by atoms with van der Waals surface area (Å²) in [6.45, 7) is 1.81. The van der Waals surface area contributed by atoms with Gasteiger partial charge in [0.1, 0.15) is 5.75 Å². The molecular weight excluding hydrogens is 297 g/mol. The summed E-state index contributed by atoms with van der Waals surface area (Å²) < 4.78 is 5.40. The minimum atomic E-state index is -0.273. The molecule has 0 radical (unpaired) electrons. The summed E-state index contributed by atoms with van der Waals surface area (Å²) >= 11 is 11.8. The maximum absolute atomic E-state index is 11.8. The summed E-state index contributed by atoms with van der Waals surface area (Å²) in [5, 5.41) is 3.73. The van der Waals surface area contributed by atoms with Crippen LogP contribution in [0.25, 0.3) is 0 Å². The van der Waals surface area contributed by atoms with Crippen LogP contribution in [0, 0.1) is 6.92 Å². The van der Waals surface area contributed by atoms with Gasteiger partial charge in [0, 0.05) is 10.7 Å². The first-order chi connectivity index (χ1) is 9.54. The second-order valence-corrected chi connectivity index (χ2v) is 5.12. The minimum absolute atomic E-state index is 0.115. The van der Waals surface area contributed by atoms with E-state index in [1.54, 1.807) is 36.4 Å². The topological polar surface area (TPSA) is 38.3 Å². The molecule has 1 amide bonds. The van der Waals surface area contributed by atoms with E-state index in [-0.39, 0.29) is 12.5 Å². The van der Waals surface area contributed by atoms with E-state index in [1.807, 2.05) is 13.0 Å². The van der Waals surface area contributed by atoms with Crippen molar-refractivity contribution in [2.24, 2.45) is 0 Å². The molecule has 0 saturated heterocycles. The molecule has 0 spiro atoms. The maximum Gasteiger partial charge on any atom is 0.262 e. The largest absolute Gasteiger partial charge is 0.482 e. The molecule has 2 aromatic carbocycles. The van der Waals surface area contributed by atoms with Crippen molar-refractivity contribution in [3.05, 3.63) is 58.1 Å². The van der Waals surface area contributed by atoms with Crippen LogP contribution in [0.4, 0.5) is 5.69 Å². The normalized spacial score (nSPS) is 10.2. The third-order valence-corrected chi connectivity index (χ3v) is 3.10. The Kier molecular flexibility index (Phi) is 4.88. The smallest absolute Gasteiger partial charge is 0.262 e.